The van der Waals surface area contributed by atoms with Gasteiger partial charge in [0, 0.05) is 16.7 Å². The van der Waals surface area contributed by atoms with E-state index in [-0.39, 0.29) is 6.04 Å². The monoisotopic (exact) mass is 365 g/mol. The second-order valence-corrected chi connectivity index (χ2v) is 8.65. The zero-order chi connectivity index (χ0) is 18.4. The van der Waals surface area contributed by atoms with E-state index < -0.39 is 7.29 Å². The van der Waals surface area contributed by atoms with Gasteiger partial charge in [-0.3, -0.25) is 9.65 Å². The Balaban J connectivity index is 2.00. The molecule has 3 rings (SSSR count). The second kappa shape index (κ2) is 8.35. The van der Waals surface area contributed by atoms with Crippen molar-refractivity contribution in [1.29, 1.82) is 0 Å². The number of hydrogen-bond acceptors (Lipinski definition) is 2. The average molecular weight is 365 g/mol. The lowest BCUT2D eigenvalue weighted by Crippen LogP contribution is -2.30. The van der Waals surface area contributed by atoms with Crippen molar-refractivity contribution in [3.8, 4) is 5.75 Å². The summed E-state index contributed by atoms with van der Waals surface area (Å²) < 4.78 is 19.4. The molecular weight excluding hydrogens is 341 g/mol. The molecule has 0 saturated heterocycles. The molecule has 134 valence electrons. The van der Waals surface area contributed by atoms with Crippen LogP contribution in [0.25, 0.3) is 0 Å². The van der Waals surface area contributed by atoms with E-state index >= 15 is 0 Å². The molecule has 0 heterocycles. The van der Waals surface area contributed by atoms with Crippen molar-refractivity contribution in [2.24, 2.45) is 0 Å². The highest BCUT2D eigenvalue weighted by Crippen LogP contribution is 2.42. The topological polar surface area (TPSA) is 38.3 Å². The molecule has 3 aromatic rings. The van der Waals surface area contributed by atoms with Crippen LogP contribution >= 0.6 is 7.29 Å². The lowest BCUT2D eigenvalue weighted by atomic mass is 10.1. The van der Waals surface area contributed by atoms with E-state index in [9.17, 15) is 4.57 Å². The van der Waals surface area contributed by atoms with Gasteiger partial charge in [0.2, 0.25) is 7.29 Å². The molecule has 0 aliphatic rings. The molecule has 0 aliphatic heterocycles. The normalized spacial score (nSPS) is 12.5. The highest BCUT2D eigenvalue weighted by atomic mass is 31.2. The van der Waals surface area contributed by atoms with E-state index in [2.05, 4.69) is 12.0 Å². The molecule has 0 fully saturated rings. The fourth-order valence-electron chi connectivity index (χ4n) is 3.03. The molecule has 0 amide bonds. The van der Waals surface area contributed by atoms with Gasteiger partial charge >= 0.3 is 0 Å². The van der Waals surface area contributed by atoms with E-state index in [1.807, 2.05) is 84.9 Å². The van der Waals surface area contributed by atoms with Gasteiger partial charge in [0.25, 0.3) is 0 Å². The van der Waals surface area contributed by atoms with Crippen molar-refractivity contribution in [3.05, 3.63) is 90.5 Å². The van der Waals surface area contributed by atoms with Gasteiger partial charge in [-0.2, -0.15) is 0 Å². The van der Waals surface area contributed by atoms with Crippen LogP contribution in [0, 0.1) is 0 Å². The van der Waals surface area contributed by atoms with Gasteiger partial charge in [-0.1, -0.05) is 55.5 Å². The molecule has 0 spiro atoms. The summed E-state index contributed by atoms with van der Waals surface area (Å²) >= 11 is 0. The van der Waals surface area contributed by atoms with Gasteiger partial charge in [-0.15, -0.1) is 0 Å². The Bertz CT molecular complexity index is 820. The number of nitrogens with one attached hydrogen (secondary N) is 1. The van der Waals surface area contributed by atoms with E-state index in [1.165, 1.54) is 0 Å². The molecule has 3 nitrogen and oxygen atoms in total. The summed E-state index contributed by atoms with van der Waals surface area (Å²) in [6, 6.07) is 27.3. The van der Waals surface area contributed by atoms with E-state index in [0.29, 0.717) is 0 Å². The zero-order valence-electron chi connectivity index (χ0n) is 15.1. The SMILES string of the molecule is CC[C@H](NP(=O)(c1ccccc1)c1ccccc1)c1ccc(OC)cc1. The van der Waals surface area contributed by atoms with Gasteiger partial charge in [0.15, 0.2) is 0 Å². The highest BCUT2D eigenvalue weighted by Gasteiger charge is 2.30. The third-order valence-electron chi connectivity index (χ3n) is 4.50. The summed E-state index contributed by atoms with van der Waals surface area (Å²) in [5.74, 6) is 0.818. The summed E-state index contributed by atoms with van der Waals surface area (Å²) in [6.45, 7) is 2.10. The van der Waals surface area contributed by atoms with Crippen LogP contribution in [0.2, 0.25) is 0 Å². The molecule has 0 bridgehead atoms. The number of benzene rings is 3. The summed E-state index contributed by atoms with van der Waals surface area (Å²) in [5, 5.41) is 5.12. The van der Waals surface area contributed by atoms with Crippen molar-refractivity contribution in [3.63, 3.8) is 0 Å². The van der Waals surface area contributed by atoms with Crippen LogP contribution in [0.5, 0.6) is 5.75 Å². The third-order valence-corrected chi connectivity index (χ3v) is 7.23. The molecule has 0 aliphatic carbocycles. The first-order valence-corrected chi connectivity index (χ1v) is 10.5. The molecule has 26 heavy (non-hydrogen) atoms. The molecule has 1 N–H and O–H groups in total. The molecule has 0 saturated carbocycles. The minimum Gasteiger partial charge on any atom is -0.497 e. The van der Waals surface area contributed by atoms with Crippen molar-refractivity contribution in [2.75, 3.05) is 7.11 Å². The highest BCUT2D eigenvalue weighted by molar-refractivity contribution is 7.76. The number of ether oxygens (including phenoxy) is 1. The lowest BCUT2D eigenvalue weighted by Gasteiger charge is -2.27. The van der Waals surface area contributed by atoms with Crippen LogP contribution in [0.4, 0.5) is 0 Å². The first-order valence-electron chi connectivity index (χ1n) is 8.80. The number of hydrogen-bond donors (Lipinski definition) is 1. The molecule has 3 aromatic carbocycles. The second-order valence-electron chi connectivity index (χ2n) is 6.14. The maximum Gasteiger partial charge on any atom is 0.205 e. The van der Waals surface area contributed by atoms with Gasteiger partial charge in [0.05, 0.1) is 7.11 Å². The number of rotatable bonds is 7. The first-order chi connectivity index (χ1) is 12.7. The molecule has 0 radical (unpaired) electrons. The predicted octanol–water partition coefficient (Wildman–Crippen LogP) is 4.67. The van der Waals surface area contributed by atoms with Crippen LogP contribution in [0.3, 0.4) is 0 Å². The molecule has 4 heteroatoms. The predicted molar refractivity (Wildman–Crippen MR) is 109 cm³/mol. The van der Waals surface area contributed by atoms with Crippen LogP contribution in [-0.4, -0.2) is 7.11 Å². The summed E-state index contributed by atoms with van der Waals surface area (Å²) in [7, 11) is -1.31. The summed E-state index contributed by atoms with van der Waals surface area (Å²) in [4.78, 5) is 0. The Morgan fingerprint density at radius 3 is 1.77 bits per heavy atom. The molecule has 0 unspecified atom stereocenters. The van der Waals surface area contributed by atoms with E-state index in [1.54, 1.807) is 7.11 Å². The Morgan fingerprint density at radius 2 is 1.35 bits per heavy atom. The zero-order valence-corrected chi connectivity index (χ0v) is 16.0. The Hall–Kier alpha value is -2.35. The first kappa shape index (κ1) is 18.4. The quantitative estimate of drug-likeness (QED) is 0.619. The van der Waals surface area contributed by atoms with E-state index in [0.717, 1.165) is 28.3 Å². The minimum atomic E-state index is -2.96. The fourth-order valence-corrected chi connectivity index (χ4v) is 5.58. The molecule has 0 aromatic heterocycles. The Kier molecular flexibility index (Phi) is 5.92. The van der Waals surface area contributed by atoms with Crippen molar-refractivity contribution >= 4 is 17.9 Å². The summed E-state index contributed by atoms with van der Waals surface area (Å²) in [6.07, 6.45) is 0.829. The van der Waals surface area contributed by atoms with Crippen LogP contribution in [-0.2, 0) is 4.57 Å². The fraction of sp³-hybridized carbons (Fsp3) is 0.182. The van der Waals surface area contributed by atoms with Gasteiger partial charge in [-0.05, 0) is 48.4 Å². The number of methoxy groups -OCH3 is 1. The average Bonchev–Trinajstić information content (AvgIpc) is 2.73. The summed E-state index contributed by atoms with van der Waals surface area (Å²) in [5.41, 5.74) is 1.10. The Labute approximate surface area is 155 Å². The molecule has 1 atom stereocenters. The lowest BCUT2D eigenvalue weighted by molar-refractivity contribution is 0.414. The maximum absolute atomic E-state index is 14.1. The van der Waals surface area contributed by atoms with Crippen molar-refractivity contribution < 1.29 is 9.30 Å². The van der Waals surface area contributed by atoms with Gasteiger partial charge in [0.1, 0.15) is 5.75 Å². The van der Waals surface area contributed by atoms with Crippen LogP contribution in [0.1, 0.15) is 24.9 Å². The van der Waals surface area contributed by atoms with Crippen molar-refractivity contribution in [2.45, 2.75) is 19.4 Å². The van der Waals surface area contributed by atoms with Gasteiger partial charge < -0.3 is 4.74 Å². The van der Waals surface area contributed by atoms with E-state index in [4.69, 9.17) is 4.74 Å². The van der Waals surface area contributed by atoms with Gasteiger partial charge in [-0.25, -0.2) is 0 Å². The van der Waals surface area contributed by atoms with Crippen LogP contribution in [0.15, 0.2) is 84.9 Å². The van der Waals surface area contributed by atoms with Crippen molar-refractivity contribution in [1.82, 2.24) is 5.09 Å². The largest absolute Gasteiger partial charge is 0.497 e. The van der Waals surface area contributed by atoms with Crippen LogP contribution < -0.4 is 20.4 Å². The molecular formula is C22H24NO2P. The standard InChI is InChI=1S/C22H24NO2P/c1-3-22(18-14-16-19(25-2)17-15-18)23-26(24,20-10-6-4-7-11-20)21-12-8-5-9-13-21/h4-17,22H,3H2,1-2H3,(H,23,24)/t22-/m0/s1. The third kappa shape index (κ3) is 3.90. The minimum absolute atomic E-state index is 0.0212. The smallest absolute Gasteiger partial charge is 0.205 e. The maximum atomic E-state index is 14.1. The Morgan fingerprint density at radius 1 is 0.846 bits per heavy atom.